The maximum atomic E-state index is 12.2. The third kappa shape index (κ3) is 6.67. The summed E-state index contributed by atoms with van der Waals surface area (Å²) in [5.41, 5.74) is 1.97. The van der Waals surface area contributed by atoms with Gasteiger partial charge in [-0.05, 0) is 42.9 Å². The molecule has 5 heteroatoms. The summed E-state index contributed by atoms with van der Waals surface area (Å²) in [6, 6.07) is 13.3. The first kappa shape index (κ1) is 19.6. The van der Waals surface area contributed by atoms with E-state index in [9.17, 15) is 9.59 Å². The van der Waals surface area contributed by atoms with Crippen molar-refractivity contribution in [3.63, 3.8) is 0 Å². The molecule has 0 unspecified atom stereocenters. The highest BCUT2D eigenvalue weighted by Crippen LogP contribution is 2.04. The normalized spacial score (nSPS) is 10.6. The summed E-state index contributed by atoms with van der Waals surface area (Å²) < 4.78 is 0. The number of hydrogen-bond acceptors (Lipinski definition) is 3. The molecule has 5 nitrogen and oxygen atoms in total. The molecule has 1 aromatic carbocycles. The molecule has 0 aliphatic carbocycles. The van der Waals surface area contributed by atoms with Gasteiger partial charge in [-0.15, -0.1) is 0 Å². The predicted octanol–water partition coefficient (Wildman–Crippen LogP) is 3.22. The van der Waals surface area contributed by atoms with Crippen LogP contribution in [0.3, 0.4) is 0 Å². The van der Waals surface area contributed by atoms with Crippen LogP contribution >= 0.6 is 0 Å². The van der Waals surface area contributed by atoms with E-state index in [1.165, 1.54) is 17.8 Å². The molecule has 0 aliphatic heterocycles. The molecule has 0 fully saturated rings. The monoisotopic (exact) mass is 353 g/mol. The van der Waals surface area contributed by atoms with Gasteiger partial charge in [-0.3, -0.25) is 14.6 Å². The van der Waals surface area contributed by atoms with Crippen LogP contribution in [0.5, 0.6) is 0 Å². The zero-order valence-corrected chi connectivity index (χ0v) is 15.5. The molecule has 0 saturated heterocycles. The highest BCUT2D eigenvalue weighted by molar-refractivity contribution is 5.98. The van der Waals surface area contributed by atoms with E-state index in [4.69, 9.17) is 0 Å². The van der Waals surface area contributed by atoms with E-state index in [-0.39, 0.29) is 17.5 Å². The molecule has 0 bridgehead atoms. The van der Waals surface area contributed by atoms with E-state index in [0.717, 1.165) is 19.3 Å². The largest absolute Gasteiger partial charge is 0.352 e. The molecular weight excluding hydrogens is 326 g/mol. The molecular formula is C21H27N3O2. The van der Waals surface area contributed by atoms with Crippen LogP contribution in [0.2, 0.25) is 0 Å². The number of benzene rings is 1. The zero-order valence-electron chi connectivity index (χ0n) is 15.5. The van der Waals surface area contributed by atoms with Gasteiger partial charge >= 0.3 is 0 Å². The molecule has 138 valence electrons. The minimum Gasteiger partial charge on any atom is -0.352 e. The molecule has 26 heavy (non-hydrogen) atoms. The van der Waals surface area contributed by atoms with Gasteiger partial charge in [-0.25, -0.2) is 0 Å². The van der Waals surface area contributed by atoms with Gasteiger partial charge < -0.3 is 10.6 Å². The van der Waals surface area contributed by atoms with E-state index in [1.54, 1.807) is 6.07 Å². The maximum Gasteiger partial charge on any atom is 0.269 e. The number of aryl methyl sites for hydroxylation is 1. The van der Waals surface area contributed by atoms with Crippen molar-refractivity contribution in [1.82, 2.24) is 15.6 Å². The summed E-state index contributed by atoms with van der Waals surface area (Å²) >= 11 is 0. The van der Waals surface area contributed by atoms with Crippen LogP contribution in [0.1, 0.15) is 53.1 Å². The Bertz CT molecular complexity index is 714. The number of carbonyl (C=O) groups excluding carboxylic acids is 2. The van der Waals surface area contributed by atoms with Crippen molar-refractivity contribution >= 4 is 11.8 Å². The second-order valence-corrected chi connectivity index (χ2v) is 6.71. The van der Waals surface area contributed by atoms with Gasteiger partial charge in [0.15, 0.2) is 0 Å². The Labute approximate surface area is 155 Å². The van der Waals surface area contributed by atoms with E-state index in [1.807, 2.05) is 18.2 Å². The summed E-state index contributed by atoms with van der Waals surface area (Å²) in [7, 11) is 0. The van der Waals surface area contributed by atoms with Crippen molar-refractivity contribution in [2.24, 2.45) is 5.92 Å². The molecule has 0 radical (unpaired) electrons. The molecule has 2 aromatic rings. The predicted molar refractivity (Wildman–Crippen MR) is 103 cm³/mol. The smallest absolute Gasteiger partial charge is 0.269 e. The van der Waals surface area contributed by atoms with Crippen molar-refractivity contribution in [3.8, 4) is 0 Å². The standard InChI is InChI=1S/C21H27N3O2/c1-16(2)10-13-24-20(25)18-11-14-22-19(15-18)21(26)23-12-6-9-17-7-4-3-5-8-17/h3-5,7-8,11,14-16H,6,9-10,12-13H2,1-2H3,(H,23,26)(H,24,25). The number of rotatable bonds is 9. The van der Waals surface area contributed by atoms with Crippen molar-refractivity contribution in [1.29, 1.82) is 0 Å². The molecule has 2 N–H and O–H groups in total. The lowest BCUT2D eigenvalue weighted by Crippen LogP contribution is -2.28. The van der Waals surface area contributed by atoms with Gasteiger partial charge in [0.2, 0.25) is 0 Å². The Hall–Kier alpha value is -2.69. The minimum absolute atomic E-state index is 0.175. The average Bonchev–Trinajstić information content (AvgIpc) is 2.65. The fourth-order valence-electron chi connectivity index (χ4n) is 2.50. The van der Waals surface area contributed by atoms with Crippen LogP contribution in [-0.2, 0) is 6.42 Å². The van der Waals surface area contributed by atoms with Crippen LogP contribution in [0.4, 0.5) is 0 Å². The van der Waals surface area contributed by atoms with Gasteiger partial charge in [-0.2, -0.15) is 0 Å². The number of pyridine rings is 1. The van der Waals surface area contributed by atoms with Crippen LogP contribution in [0.15, 0.2) is 48.7 Å². The van der Waals surface area contributed by atoms with E-state index in [2.05, 4.69) is 41.6 Å². The van der Waals surface area contributed by atoms with Crippen molar-refractivity contribution in [2.45, 2.75) is 33.1 Å². The molecule has 1 heterocycles. The van der Waals surface area contributed by atoms with Crippen LogP contribution in [0.25, 0.3) is 0 Å². The molecule has 0 saturated carbocycles. The third-order valence-corrected chi connectivity index (χ3v) is 4.03. The second kappa shape index (κ2) is 10.3. The van der Waals surface area contributed by atoms with Gasteiger partial charge in [-0.1, -0.05) is 44.2 Å². The molecule has 1 aromatic heterocycles. The van der Waals surface area contributed by atoms with Crippen LogP contribution in [0, 0.1) is 5.92 Å². The van der Waals surface area contributed by atoms with Crippen LogP contribution in [-0.4, -0.2) is 29.9 Å². The Balaban J connectivity index is 1.80. The Morgan fingerprint density at radius 3 is 2.46 bits per heavy atom. The Morgan fingerprint density at radius 2 is 1.73 bits per heavy atom. The Morgan fingerprint density at radius 1 is 1.00 bits per heavy atom. The second-order valence-electron chi connectivity index (χ2n) is 6.71. The van der Waals surface area contributed by atoms with Gasteiger partial charge in [0.25, 0.3) is 11.8 Å². The van der Waals surface area contributed by atoms with Gasteiger partial charge in [0, 0.05) is 24.8 Å². The summed E-state index contributed by atoms with van der Waals surface area (Å²) in [4.78, 5) is 28.5. The van der Waals surface area contributed by atoms with Crippen molar-refractivity contribution < 1.29 is 9.59 Å². The molecule has 2 rings (SSSR count). The molecule has 2 amide bonds. The highest BCUT2D eigenvalue weighted by Gasteiger charge is 2.11. The SMILES string of the molecule is CC(C)CCNC(=O)c1ccnc(C(=O)NCCCc2ccccc2)c1. The lowest BCUT2D eigenvalue weighted by molar-refractivity contribution is 0.0948. The lowest BCUT2D eigenvalue weighted by atomic mass is 10.1. The van der Waals surface area contributed by atoms with Gasteiger partial charge in [0.1, 0.15) is 5.69 Å². The molecule has 0 atom stereocenters. The number of nitrogens with one attached hydrogen (secondary N) is 2. The number of carbonyl (C=O) groups is 2. The fraction of sp³-hybridized carbons (Fsp3) is 0.381. The Kier molecular flexibility index (Phi) is 7.80. The zero-order chi connectivity index (χ0) is 18.8. The first-order chi connectivity index (χ1) is 12.6. The molecule has 0 aliphatic rings. The summed E-state index contributed by atoms with van der Waals surface area (Å²) in [6.07, 6.45) is 4.18. The van der Waals surface area contributed by atoms with E-state index < -0.39 is 0 Å². The summed E-state index contributed by atoms with van der Waals surface area (Å²) in [5.74, 6) is 0.103. The van der Waals surface area contributed by atoms with Crippen molar-refractivity contribution in [3.05, 3.63) is 65.5 Å². The number of aromatic nitrogens is 1. The minimum atomic E-state index is -0.255. The van der Waals surface area contributed by atoms with Gasteiger partial charge in [0.05, 0.1) is 0 Å². The topological polar surface area (TPSA) is 71.1 Å². The molecule has 0 spiro atoms. The fourth-order valence-corrected chi connectivity index (χ4v) is 2.50. The quantitative estimate of drug-likeness (QED) is 0.680. The summed E-state index contributed by atoms with van der Waals surface area (Å²) in [6.45, 7) is 5.41. The average molecular weight is 353 g/mol. The number of amides is 2. The van der Waals surface area contributed by atoms with E-state index in [0.29, 0.717) is 24.6 Å². The van der Waals surface area contributed by atoms with E-state index >= 15 is 0 Å². The maximum absolute atomic E-state index is 12.2. The number of hydrogen-bond donors (Lipinski definition) is 2. The van der Waals surface area contributed by atoms with Crippen LogP contribution < -0.4 is 10.6 Å². The highest BCUT2D eigenvalue weighted by atomic mass is 16.2. The van der Waals surface area contributed by atoms with Crippen molar-refractivity contribution in [2.75, 3.05) is 13.1 Å². The first-order valence-electron chi connectivity index (χ1n) is 9.12. The number of nitrogens with zero attached hydrogens (tertiary/aromatic N) is 1. The lowest BCUT2D eigenvalue weighted by Gasteiger charge is -2.08. The third-order valence-electron chi connectivity index (χ3n) is 4.03. The summed E-state index contributed by atoms with van der Waals surface area (Å²) in [5, 5.41) is 5.73. The first-order valence-corrected chi connectivity index (χ1v) is 9.12.